The third-order valence-electron chi connectivity index (χ3n) is 4.99. The molecule has 0 aromatic heterocycles. The van der Waals surface area contributed by atoms with Crippen LogP contribution in [0.25, 0.3) is 0 Å². The van der Waals surface area contributed by atoms with E-state index in [4.69, 9.17) is 0 Å². The van der Waals surface area contributed by atoms with Crippen LogP contribution in [0.15, 0.2) is 24.3 Å². The number of Topliss-reactive ketones (excluding diaryl/α,β-unsaturated/α-hetero) is 1. The number of carbonyl (C=O) groups is 1. The minimum atomic E-state index is -0.0413. The monoisotopic (exact) mass is 242 g/mol. The van der Waals surface area contributed by atoms with Crippen LogP contribution in [0.5, 0.6) is 0 Å². The van der Waals surface area contributed by atoms with Gasteiger partial charge >= 0.3 is 0 Å². The molecule has 2 unspecified atom stereocenters. The second kappa shape index (κ2) is 4.53. The fourth-order valence-corrected chi connectivity index (χ4v) is 3.85. The second-order valence-corrected chi connectivity index (χ2v) is 6.28. The number of fused-ring (bicyclic) bond motifs is 4. The van der Waals surface area contributed by atoms with Crippen molar-refractivity contribution < 1.29 is 4.79 Å². The van der Waals surface area contributed by atoms with Gasteiger partial charge < -0.3 is 0 Å². The largest absolute Gasteiger partial charge is 0.298 e. The Morgan fingerprint density at radius 3 is 2.78 bits per heavy atom. The van der Waals surface area contributed by atoms with E-state index in [0.29, 0.717) is 5.78 Å². The molecule has 1 heteroatoms. The average Bonchev–Trinajstić information content (AvgIpc) is 2.41. The molecule has 2 bridgehead atoms. The van der Waals surface area contributed by atoms with Crippen molar-refractivity contribution in [2.75, 3.05) is 0 Å². The zero-order valence-electron chi connectivity index (χ0n) is 11.2. The summed E-state index contributed by atoms with van der Waals surface area (Å²) in [5, 5.41) is 0. The summed E-state index contributed by atoms with van der Waals surface area (Å²) in [6.07, 6.45) is 8.04. The Morgan fingerprint density at radius 1 is 1.11 bits per heavy atom. The van der Waals surface area contributed by atoms with Gasteiger partial charge in [-0.3, -0.25) is 4.79 Å². The first-order chi connectivity index (χ1) is 8.71. The summed E-state index contributed by atoms with van der Waals surface area (Å²) < 4.78 is 0. The zero-order chi connectivity index (χ0) is 12.6. The molecule has 1 fully saturated rings. The third-order valence-corrected chi connectivity index (χ3v) is 4.99. The first-order valence-electron chi connectivity index (χ1n) is 7.33. The highest BCUT2D eigenvalue weighted by Gasteiger charge is 2.41. The van der Waals surface area contributed by atoms with E-state index in [0.717, 1.165) is 25.7 Å². The van der Waals surface area contributed by atoms with Gasteiger partial charge in [0.15, 0.2) is 0 Å². The number of hydrogen-bond donors (Lipinski definition) is 0. The summed E-state index contributed by atoms with van der Waals surface area (Å²) in [4.78, 5) is 12.8. The average molecular weight is 242 g/mol. The van der Waals surface area contributed by atoms with E-state index in [9.17, 15) is 4.79 Å². The summed E-state index contributed by atoms with van der Waals surface area (Å²) in [5.41, 5.74) is 2.71. The molecule has 1 aromatic rings. The van der Waals surface area contributed by atoms with Crippen molar-refractivity contribution >= 4 is 5.78 Å². The molecule has 1 nitrogen and oxygen atoms in total. The SMILES string of the molecule is CC12CCCCc3ccccc3C(CCC1)C2=O. The van der Waals surface area contributed by atoms with Crippen LogP contribution in [0, 0.1) is 5.41 Å². The summed E-state index contributed by atoms with van der Waals surface area (Å²) in [7, 11) is 0. The number of benzene rings is 1. The zero-order valence-corrected chi connectivity index (χ0v) is 11.2. The Morgan fingerprint density at radius 2 is 1.89 bits per heavy atom. The van der Waals surface area contributed by atoms with E-state index in [1.807, 2.05) is 0 Å². The van der Waals surface area contributed by atoms with E-state index >= 15 is 0 Å². The molecular weight excluding hydrogens is 220 g/mol. The summed E-state index contributed by atoms with van der Waals surface area (Å²) in [6.45, 7) is 2.20. The highest BCUT2D eigenvalue weighted by atomic mass is 16.1. The molecule has 2 atom stereocenters. The molecule has 1 aromatic carbocycles. The van der Waals surface area contributed by atoms with Gasteiger partial charge in [-0.15, -0.1) is 0 Å². The molecule has 0 saturated heterocycles. The lowest BCUT2D eigenvalue weighted by Crippen LogP contribution is -2.36. The van der Waals surface area contributed by atoms with E-state index in [1.165, 1.54) is 30.4 Å². The number of rotatable bonds is 0. The smallest absolute Gasteiger partial charge is 0.146 e. The standard InChI is InChI=1S/C17H22O/c1-17-11-5-4-8-13-7-2-3-9-14(13)15(16(17)18)10-6-12-17/h2-3,7,9,15H,4-6,8,10-12H2,1H3. The van der Waals surface area contributed by atoms with Crippen molar-refractivity contribution in [1.82, 2.24) is 0 Å². The first kappa shape index (κ1) is 12.0. The van der Waals surface area contributed by atoms with Crippen LogP contribution in [0.4, 0.5) is 0 Å². The molecule has 2 aliphatic carbocycles. The lowest BCUT2D eigenvalue weighted by Gasteiger charge is -2.36. The van der Waals surface area contributed by atoms with E-state index < -0.39 is 0 Å². The van der Waals surface area contributed by atoms with Crippen molar-refractivity contribution in [2.45, 2.75) is 57.8 Å². The summed E-state index contributed by atoms with van der Waals surface area (Å²) in [5.74, 6) is 0.696. The molecule has 18 heavy (non-hydrogen) atoms. The Hall–Kier alpha value is -1.11. The van der Waals surface area contributed by atoms with Crippen LogP contribution in [0.3, 0.4) is 0 Å². The minimum absolute atomic E-state index is 0.0413. The van der Waals surface area contributed by atoms with E-state index in [2.05, 4.69) is 31.2 Å². The molecule has 0 radical (unpaired) electrons. The van der Waals surface area contributed by atoms with Gasteiger partial charge in [-0.2, -0.15) is 0 Å². The highest BCUT2D eigenvalue weighted by Crippen LogP contribution is 2.45. The minimum Gasteiger partial charge on any atom is -0.298 e. The molecule has 96 valence electrons. The van der Waals surface area contributed by atoms with Gasteiger partial charge in [0.2, 0.25) is 0 Å². The topological polar surface area (TPSA) is 17.1 Å². The molecule has 0 spiro atoms. The molecule has 0 N–H and O–H groups in total. The lowest BCUT2D eigenvalue weighted by molar-refractivity contribution is -0.132. The molecule has 2 aliphatic rings. The van der Waals surface area contributed by atoms with Crippen LogP contribution in [0.1, 0.15) is 62.5 Å². The van der Waals surface area contributed by atoms with Crippen LogP contribution < -0.4 is 0 Å². The number of carbonyl (C=O) groups excluding carboxylic acids is 1. The van der Waals surface area contributed by atoms with Crippen LogP contribution >= 0.6 is 0 Å². The fraction of sp³-hybridized carbons (Fsp3) is 0.588. The Labute approximate surface area is 110 Å². The summed E-state index contributed by atoms with van der Waals surface area (Å²) in [6, 6.07) is 8.62. The maximum atomic E-state index is 12.8. The first-order valence-corrected chi connectivity index (χ1v) is 7.33. The van der Waals surface area contributed by atoms with Gasteiger partial charge in [-0.05, 0) is 43.2 Å². The van der Waals surface area contributed by atoms with E-state index in [-0.39, 0.29) is 11.3 Å². The molecule has 0 amide bonds. The number of hydrogen-bond acceptors (Lipinski definition) is 1. The Bertz CT molecular complexity index is 462. The second-order valence-electron chi connectivity index (χ2n) is 6.28. The van der Waals surface area contributed by atoms with E-state index in [1.54, 1.807) is 0 Å². The van der Waals surface area contributed by atoms with Crippen molar-refractivity contribution in [3.63, 3.8) is 0 Å². The molecule has 1 saturated carbocycles. The normalized spacial score (nSPS) is 32.1. The Kier molecular flexibility index (Phi) is 3.01. The predicted molar refractivity (Wildman–Crippen MR) is 73.7 cm³/mol. The quantitative estimate of drug-likeness (QED) is 0.664. The van der Waals surface area contributed by atoms with Gasteiger partial charge in [-0.1, -0.05) is 44.0 Å². The van der Waals surface area contributed by atoms with Gasteiger partial charge in [0.25, 0.3) is 0 Å². The van der Waals surface area contributed by atoms with Crippen LogP contribution in [-0.2, 0) is 11.2 Å². The van der Waals surface area contributed by atoms with Gasteiger partial charge in [0.05, 0.1) is 0 Å². The molecule has 0 heterocycles. The molecular formula is C17H22O. The van der Waals surface area contributed by atoms with Crippen LogP contribution in [-0.4, -0.2) is 5.78 Å². The van der Waals surface area contributed by atoms with Crippen molar-refractivity contribution in [3.8, 4) is 0 Å². The number of ketones is 1. The number of aryl methyl sites for hydroxylation is 1. The predicted octanol–water partition coefficient (Wildman–Crippen LogP) is 4.26. The van der Waals surface area contributed by atoms with Crippen LogP contribution in [0.2, 0.25) is 0 Å². The third kappa shape index (κ3) is 1.90. The molecule has 3 rings (SSSR count). The van der Waals surface area contributed by atoms with Crippen molar-refractivity contribution in [1.29, 1.82) is 0 Å². The highest BCUT2D eigenvalue weighted by molar-refractivity contribution is 5.91. The van der Waals surface area contributed by atoms with Gasteiger partial charge in [0.1, 0.15) is 5.78 Å². The van der Waals surface area contributed by atoms with Gasteiger partial charge in [0, 0.05) is 11.3 Å². The fourth-order valence-electron chi connectivity index (χ4n) is 3.85. The van der Waals surface area contributed by atoms with Gasteiger partial charge in [-0.25, -0.2) is 0 Å². The van der Waals surface area contributed by atoms with Crippen molar-refractivity contribution in [3.05, 3.63) is 35.4 Å². The van der Waals surface area contributed by atoms with Crippen molar-refractivity contribution in [2.24, 2.45) is 5.41 Å². The maximum Gasteiger partial charge on any atom is 0.146 e. The lowest BCUT2D eigenvalue weighted by atomic mass is 9.66. The maximum absolute atomic E-state index is 12.8. The molecule has 0 aliphatic heterocycles. The summed E-state index contributed by atoms with van der Waals surface area (Å²) >= 11 is 0. The Balaban J connectivity index is 2.07.